The van der Waals surface area contributed by atoms with Gasteiger partial charge in [-0.1, -0.05) is 0 Å². The van der Waals surface area contributed by atoms with E-state index in [-0.39, 0.29) is 23.1 Å². The van der Waals surface area contributed by atoms with Gasteiger partial charge in [0.05, 0.1) is 26.0 Å². The van der Waals surface area contributed by atoms with E-state index in [4.69, 9.17) is 4.74 Å². The molecule has 8 heteroatoms. The van der Waals surface area contributed by atoms with Gasteiger partial charge in [0.15, 0.2) is 5.75 Å². The number of hydrogen-bond donors (Lipinski definition) is 0. The quantitative estimate of drug-likeness (QED) is 0.759. The molecule has 3 aliphatic heterocycles. The molecule has 0 radical (unpaired) electrons. The summed E-state index contributed by atoms with van der Waals surface area (Å²) in [6.07, 6.45) is 9.59. The van der Waals surface area contributed by atoms with E-state index in [0.29, 0.717) is 12.3 Å². The summed E-state index contributed by atoms with van der Waals surface area (Å²) in [4.78, 5) is 40.1. The maximum atomic E-state index is 12.9. The molecule has 2 amide bonds. The minimum Gasteiger partial charge on any atom is -0.494 e. The molecule has 0 aromatic carbocycles. The van der Waals surface area contributed by atoms with Gasteiger partial charge in [-0.2, -0.15) is 0 Å². The topological polar surface area (TPSA) is 78.9 Å². The molecule has 3 saturated heterocycles. The number of rotatable bonds is 4. The van der Waals surface area contributed by atoms with Crippen LogP contribution in [0.3, 0.4) is 0 Å². The number of nitrogens with zero attached hydrogens (tertiary/aromatic N) is 5. The molecule has 3 aliphatic rings. The van der Waals surface area contributed by atoms with Crippen molar-refractivity contribution in [2.75, 3.05) is 52.9 Å². The first kappa shape index (κ1) is 20.1. The van der Waals surface area contributed by atoms with Crippen LogP contribution in [-0.4, -0.2) is 89.4 Å². The van der Waals surface area contributed by atoms with Gasteiger partial charge < -0.3 is 14.5 Å². The van der Waals surface area contributed by atoms with Gasteiger partial charge in [-0.25, -0.2) is 9.97 Å². The zero-order chi connectivity index (χ0) is 20.3. The lowest BCUT2D eigenvalue weighted by Crippen LogP contribution is -2.55. The predicted molar refractivity (Wildman–Crippen MR) is 108 cm³/mol. The first-order chi connectivity index (χ1) is 14.1. The van der Waals surface area contributed by atoms with Gasteiger partial charge in [-0.3, -0.25) is 14.5 Å². The van der Waals surface area contributed by atoms with Crippen molar-refractivity contribution < 1.29 is 14.3 Å². The number of hydrogen-bond acceptors (Lipinski definition) is 6. The van der Waals surface area contributed by atoms with Gasteiger partial charge in [-0.05, 0) is 45.1 Å². The first-order valence-corrected chi connectivity index (χ1v) is 10.7. The SMILES string of the molecule is COc1cnc(C(=O)N2CCCC3(CCCN(CC(=O)N4CCCC4)C3)C2)nc1. The van der Waals surface area contributed by atoms with Crippen molar-refractivity contribution in [2.24, 2.45) is 5.41 Å². The molecular formula is C21H31N5O3. The second-order valence-electron chi connectivity index (χ2n) is 8.68. The number of piperidine rings is 2. The monoisotopic (exact) mass is 401 g/mol. The standard InChI is InChI=1S/C21H31N5O3/c1-29-17-12-22-19(23-13-17)20(28)26-11-5-7-21(16-26)6-4-8-24(15-21)14-18(27)25-9-2-3-10-25/h12-13H,2-11,14-16H2,1H3. The van der Waals surface area contributed by atoms with E-state index in [1.807, 2.05) is 9.80 Å². The molecule has 1 aromatic heterocycles. The summed E-state index contributed by atoms with van der Waals surface area (Å²) in [5, 5.41) is 0. The lowest BCUT2D eigenvalue weighted by atomic mass is 9.73. The van der Waals surface area contributed by atoms with Gasteiger partial charge in [0, 0.05) is 38.1 Å². The number of methoxy groups -OCH3 is 1. The van der Waals surface area contributed by atoms with Crippen molar-refractivity contribution in [3.05, 3.63) is 18.2 Å². The van der Waals surface area contributed by atoms with Crippen molar-refractivity contribution >= 4 is 11.8 Å². The van der Waals surface area contributed by atoms with Crippen molar-refractivity contribution in [3.8, 4) is 5.75 Å². The van der Waals surface area contributed by atoms with Gasteiger partial charge in [0.1, 0.15) is 0 Å². The van der Waals surface area contributed by atoms with E-state index in [0.717, 1.165) is 77.8 Å². The van der Waals surface area contributed by atoms with Crippen LogP contribution in [0.15, 0.2) is 12.4 Å². The van der Waals surface area contributed by atoms with Crippen molar-refractivity contribution in [1.82, 2.24) is 24.7 Å². The average Bonchev–Trinajstić information content (AvgIpc) is 3.28. The molecule has 1 unspecified atom stereocenters. The van der Waals surface area contributed by atoms with Gasteiger partial charge in [-0.15, -0.1) is 0 Å². The number of likely N-dealkylation sites (tertiary alicyclic amines) is 3. The van der Waals surface area contributed by atoms with Crippen LogP contribution in [0.25, 0.3) is 0 Å². The van der Waals surface area contributed by atoms with Crippen LogP contribution in [0.5, 0.6) is 5.75 Å². The number of amides is 2. The van der Waals surface area contributed by atoms with Crippen LogP contribution >= 0.6 is 0 Å². The Morgan fingerprint density at radius 1 is 0.966 bits per heavy atom. The maximum Gasteiger partial charge on any atom is 0.291 e. The molecule has 1 atom stereocenters. The van der Waals surface area contributed by atoms with Crippen LogP contribution in [0, 0.1) is 5.41 Å². The molecule has 158 valence electrons. The highest BCUT2D eigenvalue weighted by Crippen LogP contribution is 2.38. The summed E-state index contributed by atoms with van der Waals surface area (Å²) in [5.41, 5.74) is 0.0733. The number of ether oxygens (including phenoxy) is 1. The van der Waals surface area contributed by atoms with Gasteiger partial charge in [0.2, 0.25) is 11.7 Å². The Labute approximate surface area is 172 Å². The van der Waals surface area contributed by atoms with Crippen molar-refractivity contribution in [1.29, 1.82) is 0 Å². The van der Waals surface area contributed by atoms with Crippen LogP contribution < -0.4 is 4.74 Å². The van der Waals surface area contributed by atoms with E-state index < -0.39 is 0 Å². The Hall–Kier alpha value is -2.22. The zero-order valence-electron chi connectivity index (χ0n) is 17.3. The smallest absolute Gasteiger partial charge is 0.291 e. The number of carbonyl (C=O) groups is 2. The first-order valence-electron chi connectivity index (χ1n) is 10.7. The molecule has 1 aromatic rings. The van der Waals surface area contributed by atoms with E-state index in [1.54, 1.807) is 7.11 Å². The molecule has 0 bridgehead atoms. The molecule has 29 heavy (non-hydrogen) atoms. The molecule has 1 spiro atoms. The third kappa shape index (κ3) is 4.52. The highest BCUT2D eigenvalue weighted by molar-refractivity contribution is 5.90. The second-order valence-corrected chi connectivity index (χ2v) is 8.68. The lowest BCUT2D eigenvalue weighted by Gasteiger charge is -2.48. The molecule has 0 aliphatic carbocycles. The largest absolute Gasteiger partial charge is 0.494 e. The van der Waals surface area contributed by atoms with Crippen LogP contribution in [0.1, 0.15) is 49.1 Å². The zero-order valence-corrected chi connectivity index (χ0v) is 17.3. The lowest BCUT2D eigenvalue weighted by molar-refractivity contribution is -0.132. The van der Waals surface area contributed by atoms with E-state index in [9.17, 15) is 9.59 Å². The summed E-state index contributed by atoms with van der Waals surface area (Å²) in [6.45, 7) is 5.64. The third-order valence-electron chi connectivity index (χ3n) is 6.56. The highest BCUT2D eigenvalue weighted by Gasteiger charge is 2.41. The summed E-state index contributed by atoms with van der Waals surface area (Å²) in [5.74, 6) is 0.911. The minimum atomic E-state index is -0.114. The summed E-state index contributed by atoms with van der Waals surface area (Å²) >= 11 is 0. The van der Waals surface area contributed by atoms with Crippen LogP contribution in [0.2, 0.25) is 0 Å². The summed E-state index contributed by atoms with van der Waals surface area (Å²) in [7, 11) is 1.55. The average molecular weight is 402 g/mol. The Balaban J connectivity index is 1.39. The van der Waals surface area contributed by atoms with Crippen LogP contribution in [-0.2, 0) is 4.79 Å². The summed E-state index contributed by atoms with van der Waals surface area (Å²) in [6, 6.07) is 0. The molecule has 3 fully saturated rings. The second kappa shape index (κ2) is 8.65. The number of carbonyl (C=O) groups excluding carboxylic acids is 2. The molecule has 0 saturated carbocycles. The molecule has 0 N–H and O–H groups in total. The Morgan fingerprint density at radius 2 is 1.62 bits per heavy atom. The van der Waals surface area contributed by atoms with E-state index in [2.05, 4.69) is 14.9 Å². The number of aromatic nitrogens is 2. The molecule has 4 rings (SSSR count). The van der Waals surface area contributed by atoms with Gasteiger partial charge in [0.25, 0.3) is 5.91 Å². The highest BCUT2D eigenvalue weighted by atomic mass is 16.5. The minimum absolute atomic E-state index is 0.0733. The normalized spacial score (nSPS) is 25.4. The maximum absolute atomic E-state index is 12.9. The molecular weight excluding hydrogens is 370 g/mol. The third-order valence-corrected chi connectivity index (χ3v) is 6.56. The Bertz CT molecular complexity index is 730. The fourth-order valence-corrected chi connectivity index (χ4v) is 5.09. The fourth-order valence-electron chi connectivity index (χ4n) is 5.09. The van der Waals surface area contributed by atoms with Crippen molar-refractivity contribution in [3.63, 3.8) is 0 Å². The summed E-state index contributed by atoms with van der Waals surface area (Å²) < 4.78 is 5.08. The Morgan fingerprint density at radius 3 is 2.31 bits per heavy atom. The van der Waals surface area contributed by atoms with E-state index in [1.165, 1.54) is 12.4 Å². The van der Waals surface area contributed by atoms with Crippen LogP contribution in [0.4, 0.5) is 0 Å². The molecule has 8 nitrogen and oxygen atoms in total. The fraction of sp³-hybridized carbons (Fsp3) is 0.714. The Kier molecular flexibility index (Phi) is 5.99. The van der Waals surface area contributed by atoms with E-state index >= 15 is 0 Å². The molecule has 4 heterocycles. The van der Waals surface area contributed by atoms with Gasteiger partial charge >= 0.3 is 0 Å². The van der Waals surface area contributed by atoms with Crippen molar-refractivity contribution in [2.45, 2.75) is 38.5 Å². The predicted octanol–water partition coefficient (Wildman–Crippen LogP) is 1.43.